The predicted molar refractivity (Wildman–Crippen MR) is 118 cm³/mol. The Morgan fingerprint density at radius 2 is 1.90 bits per heavy atom. The van der Waals surface area contributed by atoms with Crippen LogP contribution in [0.2, 0.25) is 5.02 Å². The number of rotatable bonds is 6. The highest BCUT2D eigenvalue weighted by Crippen LogP contribution is 2.29. The van der Waals surface area contributed by atoms with Gasteiger partial charge in [0.2, 0.25) is 11.9 Å². The molecule has 4 rings (SSSR count). The van der Waals surface area contributed by atoms with E-state index in [1.165, 1.54) is 30.0 Å². The Balaban J connectivity index is 1.54. The normalized spacial score (nSPS) is 13.6. The number of hydrogen-bond donors (Lipinski definition) is 1. The van der Waals surface area contributed by atoms with Gasteiger partial charge in [0, 0.05) is 18.1 Å². The Bertz CT molecular complexity index is 1050. The number of halogens is 2. The number of benzene rings is 2. The van der Waals surface area contributed by atoms with Crippen molar-refractivity contribution in [3.63, 3.8) is 0 Å². The molecule has 1 amide bonds. The molecule has 0 saturated carbocycles. The van der Waals surface area contributed by atoms with Gasteiger partial charge in [-0.05, 0) is 50.1 Å². The van der Waals surface area contributed by atoms with Gasteiger partial charge >= 0.3 is 0 Å². The molecule has 30 heavy (non-hydrogen) atoms. The molecule has 3 aromatic rings. The number of carbonyl (C=O) groups excluding carboxylic acids is 1. The molecule has 0 radical (unpaired) electrons. The Morgan fingerprint density at radius 3 is 2.63 bits per heavy atom. The Hall–Kier alpha value is -2.58. The Morgan fingerprint density at radius 1 is 1.17 bits per heavy atom. The van der Waals surface area contributed by atoms with Crippen LogP contribution in [0.3, 0.4) is 0 Å². The van der Waals surface area contributed by atoms with Crippen molar-refractivity contribution in [2.75, 3.05) is 29.1 Å². The Kier molecular flexibility index (Phi) is 6.24. The van der Waals surface area contributed by atoms with Crippen LogP contribution in [0.1, 0.15) is 18.4 Å². The number of nitrogens with one attached hydrogen (secondary N) is 1. The lowest BCUT2D eigenvalue weighted by Crippen LogP contribution is -2.22. The van der Waals surface area contributed by atoms with E-state index in [-0.39, 0.29) is 17.3 Å². The quantitative estimate of drug-likeness (QED) is 0.557. The summed E-state index contributed by atoms with van der Waals surface area (Å²) in [6.07, 6.45) is 2.24. The van der Waals surface area contributed by atoms with Crippen molar-refractivity contribution in [1.82, 2.24) is 14.8 Å². The number of anilines is 2. The SMILES string of the molecule is Cc1ccc(-n2c(SCC(=O)Nc3cc(Cl)ccc3F)nnc2N2CCCC2)cc1. The topological polar surface area (TPSA) is 63.1 Å². The molecule has 156 valence electrons. The van der Waals surface area contributed by atoms with Crippen LogP contribution in [-0.4, -0.2) is 39.5 Å². The van der Waals surface area contributed by atoms with Crippen molar-refractivity contribution in [2.45, 2.75) is 24.9 Å². The summed E-state index contributed by atoms with van der Waals surface area (Å²) in [5, 5.41) is 12.3. The third-order valence-corrected chi connectivity index (χ3v) is 6.00. The van der Waals surface area contributed by atoms with Gasteiger partial charge in [-0.1, -0.05) is 41.1 Å². The van der Waals surface area contributed by atoms with Crippen LogP contribution in [0.5, 0.6) is 0 Å². The molecule has 9 heteroatoms. The van der Waals surface area contributed by atoms with Crippen molar-refractivity contribution in [2.24, 2.45) is 0 Å². The highest BCUT2D eigenvalue weighted by molar-refractivity contribution is 7.99. The number of hydrogen-bond acceptors (Lipinski definition) is 5. The second kappa shape index (κ2) is 9.06. The fraction of sp³-hybridized carbons (Fsp3) is 0.286. The summed E-state index contributed by atoms with van der Waals surface area (Å²) in [4.78, 5) is 14.6. The molecule has 1 aliphatic rings. The van der Waals surface area contributed by atoms with E-state index < -0.39 is 5.82 Å². The number of thioether (sulfide) groups is 1. The maximum Gasteiger partial charge on any atom is 0.234 e. The number of aromatic nitrogens is 3. The third kappa shape index (κ3) is 4.60. The van der Waals surface area contributed by atoms with Gasteiger partial charge in [-0.15, -0.1) is 10.2 Å². The van der Waals surface area contributed by atoms with Crippen LogP contribution >= 0.6 is 23.4 Å². The molecule has 1 N–H and O–H groups in total. The maximum atomic E-state index is 13.9. The molecule has 2 heterocycles. The standard InChI is InChI=1S/C21H21ClFN5OS/c1-14-4-7-16(8-5-14)28-20(27-10-2-3-11-27)25-26-21(28)30-13-19(29)24-18-12-15(22)6-9-17(18)23/h4-9,12H,2-3,10-11,13H2,1H3,(H,24,29). The average Bonchev–Trinajstić information content (AvgIpc) is 3.39. The molecule has 0 aliphatic carbocycles. The molecule has 2 aromatic carbocycles. The average molecular weight is 446 g/mol. The monoisotopic (exact) mass is 445 g/mol. The molecule has 1 fully saturated rings. The molecule has 1 aromatic heterocycles. The van der Waals surface area contributed by atoms with Crippen LogP contribution < -0.4 is 10.2 Å². The smallest absolute Gasteiger partial charge is 0.234 e. The number of aryl methyl sites for hydroxylation is 1. The van der Waals surface area contributed by atoms with Gasteiger partial charge in [0.05, 0.1) is 17.1 Å². The van der Waals surface area contributed by atoms with Crippen LogP contribution in [0, 0.1) is 12.7 Å². The first kappa shape index (κ1) is 20.7. The first-order valence-corrected chi connectivity index (χ1v) is 11.0. The lowest BCUT2D eigenvalue weighted by molar-refractivity contribution is -0.113. The molecule has 6 nitrogen and oxygen atoms in total. The highest BCUT2D eigenvalue weighted by atomic mass is 35.5. The zero-order valence-electron chi connectivity index (χ0n) is 16.4. The summed E-state index contributed by atoms with van der Waals surface area (Å²) < 4.78 is 15.9. The zero-order valence-corrected chi connectivity index (χ0v) is 18.0. The highest BCUT2D eigenvalue weighted by Gasteiger charge is 2.23. The van der Waals surface area contributed by atoms with E-state index in [0.717, 1.165) is 43.1 Å². The van der Waals surface area contributed by atoms with E-state index in [0.29, 0.717) is 10.2 Å². The van der Waals surface area contributed by atoms with Gasteiger partial charge < -0.3 is 10.2 Å². The van der Waals surface area contributed by atoms with Crippen LogP contribution in [0.15, 0.2) is 47.6 Å². The van der Waals surface area contributed by atoms with Gasteiger partial charge in [0.25, 0.3) is 0 Å². The van der Waals surface area contributed by atoms with Gasteiger partial charge in [-0.3, -0.25) is 9.36 Å². The minimum Gasteiger partial charge on any atom is -0.341 e. The largest absolute Gasteiger partial charge is 0.341 e. The summed E-state index contributed by atoms with van der Waals surface area (Å²) in [5.41, 5.74) is 2.16. The fourth-order valence-corrected chi connectivity index (χ4v) is 4.23. The van der Waals surface area contributed by atoms with Crippen molar-refractivity contribution in [3.8, 4) is 5.69 Å². The minimum atomic E-state index is -0.531. The van der Waals surface area contributed by atoms with E-state index >= 15 is 0 Å². The number of amides is 1. The maximum absolute atomic E-state index is 13.9. The lowest BCUT2D eigenvalue weighted by atomic mass is 10.2. The summed E-state index contributed by atoms with van der Waals surface area (Å²) in [6.45, 7) is 3.90. The first-order chi connectivity index (χ1) is 14.5. The van der Waals surface area contributed by atoms with Gasteiger partial charge in [0.15, 0.2) is 5.16 Å². The molecular weight excluding hydrogens is 425 g/mol. The predicted octanol–water partition coefficient (Wildman–Crippen LogP) is 4.70. The van der Waals surface area contributed by atoms with Crippen molar-refractivity contribution in [1.29, 1.82) is 0 Å². The first-order valence-electron chi connectivity index (χ1n) is 9.66. The van der Waals surface area contributed by atoms with Gasteiger partial charge in [-0.2, -0.15) is 0 Å². The minimum absolute atomic E-state index is 0.0610. The molecule has 0 bridgehead atoms. The van der Waals surface area contributed by atoms with Crippen molar-refractivity contribution >= 4 is 40.9 Å². The molecule has 1 saturated heterocycles. The van der Waals surface area contributed by atoms with Crippen LogP contribution in [0.4, 0.5) is 16.0 Å². The fourth-order valence-electron chi connectivity index (χ4n) is 3.31. The van der Waals surface area contributed by atoms with Crippen molar-refractivity contribution in [3.05, 3.63) is 58.9 Å². The zero-order chi connectivity index (χ0) is 21.1. The van der Waals surface area contributed by atoms with E-state index in [1.54, 1.807) is 0 Å². The lowest BCUT2D eigenvalue weighted by Gasteiger charge is -2.18. The van der Waals surface area contributed by atoms with E-state index in [1.807, 2.05) is 35.8 Å². The van der Waals surface area contributed by atoms with E-state index in [4.69, 9.17) is 11.6 Å². The second-order valence-corrected chi connectivity index (χ2v) is 8.49. The summed E-state index contributed by atoms with van der Waals surface area (Å²) in [7, 11) is 0. The summed E-state index contributed by atoms with van der Waals surface area (Å²) >= 11 is 7.15. The molecule has 0 atom stereocenters. The van der Waals surface area contributed by atoms with Gasteiger partial charge in [-0.25, -0.2) is 4.39 Å². The number of carbonyl (C=O) groups is 1. The number of nitrogens with zero attached hydrogens (tertiary/aromatic N) is 4. The summed E-state index contributed by atoms with van der Waals surface area (Å²) in [6, 6.07) is 12.2. The summed E-state index contributed by atoms with van der Waals surface area (Å²) in [5.74, 6) is -0.0324. The second-order valence-electron chi connectivity index (χ2n) is 7.11. The third-order valence-electron chi connectivity index (χ3n) is 4.83. The molecule has 1 aliphatic heterocycles. The Labute approximate surface area is 183 Å². The molecular formula is C21H21ClFN5OS. The van der Waals surface area contributed by atoms with E-state index in [2.05, 4.69) is 20.4 Å². The van der Waals surface area contributed by atoms with Crippen LogP contribution in [0.25, 0.3) is 5.69 Å². The van der Waals surface area contributed by atoms with E-state index in [9.17, 15) is 9.18 Å². The van der Waals surface area contributed by atoms with Gasteiger partial charge in [0.1, 0.15) is 5.82 Å². The molecule has 0 unspecified atom stereocenters. The van der Waals surface area contributed by atoms with Crippen molar-refractivity contribution < 1.29 is 9.18 Å². The molecule has 0 spiro atoms. The van der Waals surface area contributed by atoms with Crippen LogP contribution in [-0.2, 0) is 4.79 Å².